The maximum absolute atomic E-state index is 13.1. The standard InChI is InChI=1S/C18H26N2O4S/c21-18(16-11-24-17(19-16)13-3-7-22-8-4-13)20(14-5-9-25-12-14)10-15-2-1-6-23-15/h11,13-15H,1-10,12H2. The molecule has 0 spiro atoms. The van der Waals surface area contributed by atoms with Crippen molar-refractivity contribution in [1.29, 1.82) is 0 Å². The molecule has 7 heteroatoms. The molecule has 1 amide bonds. The third kappa shape index (κ3) is 4.04. The van der Waals surface area contributed by atoms with Gasteiger partial charge in [0.25, 0.3) is 5.91 Å². The van der Waals surface area contributed by atoms with E-state index in [1.165, 1.54) is 6.26 Å². The van der Waals surface area contributed by atoms with Gasteiger partial charge in [-0.15, -0.1) is 0 Å². The molecule has 0 N–H and O–H groups in total. The van der Waals surface area contributed by atoms with Gasteiger partial charge in [-0.2, -0.15) is 11.8 Å². The normalized spacial score (nSPS) is 27.7. The predicted octanol–water partition coefficient (Wildman–Crippen LogP) is 2.70. The molecule has 2 atom stereocenters. The molecule has 3 aliphatic rings. The smallest absolute Gasteiger partial charge is 0.276 e. The Bertz CT molecular complexity index is 575. The van der Waals surface area contributed by atoms with Gasteiger partial charge in [0.15, 0.2) is 11.6 Å². The molecule has 6 nitrogen and oxygen atoms in total. The summed E-state index contributed by atoms with van der Waals surface area (Å²) in [6.07, 6.45) is 6.70. The zero-order chi connectivity index (χ0) is 17.1. The zero-order valence-electron chi connectivity index (χ0n) is 14.5. The summed E-state index contributed by atoms with van der Waals surface area (Å²) in [7, 11) is 0. The highest BCUT2D eigenvalue weighted by atomic mass is 32.2. The molecule has 0 saturated carbocycles. The van der Waals surface area contributed by atoms with Gasteiger partial charge in [0.2, 0.25) is 0 Å². The van der Waals surface area contributed by atoms with Crippen molar-refractivity contribution in [2.24, 2.45) is 0 Å². The fraction of sp³-hybridized carbons (Fsp3) is 0.778. The molecule has 3 saturated heterocycles. The number of ether oxygens (including phenoxy) is 2. The fourth-order valence-corrected chi connectivity index (χ4v) is 5.06. The van der Waals surface area contributed by atoms with Gasteiger partial charge < -0.3 is 18.8 Å². The van der Waals surface area contributed by atoms with Crippen LogP contribution in [0.15, 0.2) is 10.7 Å². The quantitative estimate of drug-likeness (QED) is 0.798. The molecule has 0 bridgehead atoms. The summed E-state index contributed by atoms with van der Waals surface area (Å²) in [5.41, 5.74) is 0.441. The molecule has 1 aromatic rings. The molecule has 2 unspecified atom stereocenters. The van der Waals surface area contributed by atoms with E-state index in [0.717, 1.165) is 63.4 Å². The van der Waals surface area contributed by atoms with Crippen LogP contribution >= 0.6 is 11.8 Å². The Morgan fingerprint density at radius 2 is 2.12 bits per heavy atom. The highest BCUT2D eigenvalue weighted by molar-refractivity contribution is 7.99. The van der Waals surface area contributed by atoms with Crippen LogP contribution in [0.4, 0.5) is 0 Å². The number of hydrogen-bond donors (Lipinski definition) is 0. The van der Waals surface area contributed by atoms with Crippen molar-refractivity contribution in [3.63, 3.8) is 0 Å². The van der Waals surface area contributed by atoms with Crippen LogP contribution in [0, 0.1) is 0 Å². The van der Waals surface area contributed by atoms with Gasteiger partial charge in [-0.25, -0.2) is 4.98 Å². The van der Waals surface area contributed by atoms with Gasteiger partial charge in [0.1, 0.15) is 6.26 Å². The van der Waals surface area contributed by atoms with Crippen LogP contribution in [0.25, 0.3) is 0 Å². The minimum Gasteiger partial charge on any atom is -0.448 e. The number of carbonyl (C=O) groups excluding carboxylic acids is 1. The Kier molecular flexibility index (Phi) is 5.63. The summed E-state index contributed by atoms with van der Waals surface area (Å²) in [6.45, 7) is 2.95. The lowest BCUT2D eigenvalue weighted by Gasteiger charge is -2.30. The Morgan fingerprint density at radius 1 is 1.24 bits per heavy atom. The van der Waals surface area contributed by atoms with E-state index in [2.05, 4.69) is 4.98 Å². The lowest BCUT2D eigenvalue weighted by atomic mass is 10.0. The number of carbonyl (C=O) groups is 1. The second-order valence-electron chi connectivity index (χ2n) is 7.07. The maximum atomic E-state index is 13.1. The first-order valence-corrected chi connectivity index (χ1v) is 10.5. The number of rotatable bonds is 5. The number of amides is 1. The Morgan fingerprint density at radius 3 is 2.84 bits per heavy atom. The first-order valence-electron chi connectivity index (χ1n) is 9.35. The van der Waals surface area contributed by atoms with Gasteiger partial charge in [-0.3, -0.25) is 4.79 Å². The summed E-state index contributed by atoms with van der Waals surface area (Å²) in [6, 6.07) is 0.282. The summed E-state index contributed by atoms with van der Waals surface area (Å²) < 4.78 is 16.8. The van der Waals surface area contributed by atoms with Crippen LogP contribution in [-0.2, 0) is 9.47 Å². The molecule has 138 valence electrons. The topological polar surface area (TPSA) is 64.8 Å². The van der Waals surface area contributed by atoms with Gasteiger partial charge in [0.05, 0.1) is 6.10 Å². The predicted molar refractivity (Wildman–Crippen MR) is 95.0 cm³/mol. The van der Waals surface area contributed by atoms with Crippen LogP contribution in [0.2, 0.25) is 0 Å². The van der Waals surface area contributed by atoms with Crippen LogP contribution in [0.3, 0.4) is 0 Å². The molecule has 4 heterocycles. The number of oxazole rings is 1. The first kappa shape index (κ1) is 17.4. The lowest BCUT2D eigenvalue weighted by Crippen LogP contribution is -2.44. The van der Waals surface area contributed by atoms with E-state index in [1.54, 1.807) is 0 Å². The van der Waals surface area contributed by atoms with Crippen molar-refractivity contribution < 1.29 is 18.7 Å². The molecule has 25 heavy (non-hydrogen) atoms. The molecule has 1 aromatic heterocycles. The molecule has 4 rings (SSSR count). The van der Waals surface area contributed by atoms with Crippen LogP contribution in [0.5, 0.6) is 0 Å². The minimum absolute atomic E-state index is 0.00920. The molecular formula is C18H26N2O4S. The summed E-state index contributed by atoms with van der Waals surface area (Å²) in [5.74, 6) is 3.06. The largest absolute Gasteiger partial charge is 0.448 e. The first-order chi connectivity index (χ1) is 12.3. The van der Waals surface area contributed by atoms with Crippen molar-refractivity contribution in [3.8, 4) is 0 Å². The SMILES string of the molecule is O=C(c1coc(C2CCOCC2)n1)N(CC1CCCO1)C1CCSC1. The number of thioether (sulfide) groups is 1. The van der Waals surface area contributed by atoms with Crippen LogP contribution in [0.1, 0.15) is 54.4 Å². The summed E-state index contributed by atoms with van der Waals surface area (Å²) in [4.78, 5) is 19.7. The number of aromatic nitrogens is 1. The Balaban J connectivity index is 1.47. The van der Waals surface area contributed by atoms with Crippen molar-refractivity contribution in [1.82, 2.24) is 9.88 Å². The summed E-state index contributed by atoms with van der Waals surface area (Å²) in [5, 5.41) is 0. The van der Waals surface area contributed by atoms with E-state index in [-0.39, 0.29) is 24.0 Å². The van der Waals surface area contributed by atoms with E-state index in [4.69, 9.17) is 13.9 Å². The van der Waals surface area contributed by atoms with Crippen LogP contribution in [-0.4, -0.2) is 65.8 Å². The molecule has 3 aliphatic heterocycles. The van der Waals surface area contributed by atoms with Gasteiger partial charge in [0, 0.05) is 44.1 Å². The summed E-state index contributed by atoms with van der Waals surface area (Å²) >= 11 is 1.92. The van der Waals surface area contributed by atoms with Crippen molar-refractivity contribution in [2.75, 3.05) is 37.9 Å². The highest BCUT2D eigenvalue weighted by Gasteiger charge is 2.33. The Labute approximate surface area is 152 Å². The van der Waals surface area contributed by atoms with Crippen molar-refractivity contribution in [3.05, 3.63) is 17.8 Å². The number of hydrogen-bond acceptors (Lipinski definition) is 6. The van der Waals surface area contributed by atoms with E-state index in [0.29, 0.717) is 18.1 Å². The van der Waals surface area contributed by atoms with Gasteiger partial charge in [-0.05, 0) is 37.9 Å². The van der Waals surface area contributed by atoms with Crippen molar-refractivity contribution >= 4 is 17.7 Å². The number of nitrogens with zero attached hydrogens (tertiary/aromatic N) is 2. The third-order valence-corrected chi connectivity index (χ3v) is 6.49. The zero-order valence-corrected chi connectivity index (χ0v) is 15.3. The van der Waals surface area contributed by atoms with Crippen molar-refractivity contribution in [2.45, 2.75) is 50.2 Å². The molecular weight excluding hydrogens is 340 g/mol. The fourth-order valence-electron chi connectivity index (χ4n) is 3.84. The van der Waals surface area contributed by atoms with Gasteiger partial charge >= 0.3 is 0 Å². The van der Waals surface area contributed by atoms with E-state index in [9.17, 15) is 4.79 Å². The maximum Gasteiger partial charge on any atom is 0.276 e. The van der Waals surface area contributed by atoms with Crippen LogP contribution < -0.4 is 0 Å². The lowest BCUT2D eigenvalue weighted by molar-refractivity contribution is 0.0437. The average molecular weight is 366 g/mol. The second-order valence-corrected chi connectivity index (χ2v) is 8.22. The van der Waals surface area contributed by atoms with E-state index >= 15 is 0 Å². The second kappa shape index (κ2) is 8.10. The minimum atomic E-state index is -0.00920. The third-order valence-electron chi connectivity index (χ3n) is 5.34. The molecule has 0 aromatic carbocycles. The van der Waals surface area contributed by atoms with Gasteiger partial charge in [-0.1, -0.05) is 0 Å². The average Bonchev–Trinajstić information content (AvgIpc) is 3.42. The molecule has 0 radical (unpaired) electrons. The molecule has 3 fully saturated rings. The Hall–Kier alpha value is -1.05. The van der Waals surface area contributed by atoms with E-state index in [1.807, 2.05) is 16.7 Å². The highest BCUT2D eigenvalue weighted by Crippen LogP contribution is 2.28. The monoisotopic (exact) mass is 366 g/mol. The van der Waals surface area contributed by atoms with E-state index < -0.39 is 0 Å². The molecule has 0 aliphatic carbocycles.